The zero-order chi connectivity index (χ0) is 18.5. The Kier molecular flexibility index (Phi) is 5.58. The van der Waals surface area contributed by atoms with E-state index in [1.165, 1.54) is 0 Å². The molecule has 27 heavy (non-hydrogen) atoms. The average Bonchev–Trinajstić information content (AvgIpc) is 3.36. The van der Waals surface area contributed by atoms with E-state index < -0.39 is 0 Å². The second kappa shape index (κ2) is 8.44. The number of hydrogen-bond donors (Lipinski definition) is 1. The number of nitrogens with one attached hydrogen (secondary N) is 1. The number of amides is 1. The van der Waals surface area contributed by atoms with Crippen LogP contribution < -0.4 is 14.8 Å². The first-order valence-electron chi connectivity index (χ1n) is 9.63. The standard InChI is InChI=1S/C22H25NO4/c24-22(23-18-8-9-18)17-3-1-4-20(13-17)26-14-16-6-10-19(11-7-16)27-15-21-5-2-12-25-21/h1,3-4,6-7,10-11,13,18,21H,2,5,8-9,12,14-15H2,(H,23,24)/t21-/m0/s1. The van der Waals surface area contributed by atoms with Crippen LogP contribution in [0.5, 0.6) is 11.5 Å². The number of carbonyl (C=O) groups is 1. The molecule has 5 heteroatoms. The Morgan fingerprint density at radius 1 is 1.04 bits per heavy atom. The van der Waals surface area contributed by atoms with Gasteiger partial charge in [-0.2, -0.15) is 0 Å². The number of rotatable bonds is 8. The van der Waals surface area contributed by atoms with E-state index in [2.05, 4.69) is 5.32 Å². The van der Waals surface area contributed by atoms with Crippen LogP contribution in [0.4, 0.5) is 0 Å². The van der Waals surface area contributed by atoms with Crippen molar-refractivity contribution in [3.8, 4) is 11.5 Å². The van der Waals surface area contributed by atoms with Crippen molar-refractivity contribution in [2.45, 2.75) is 44.4 Å². The van der Waals surface area contributed by atoms with E-state index in [0.29, 0.717) is 30.6 Å². The van der Waals surface area contributed by atoms with Crippen LogP contribution in [-0.4, -0.2) is 31.3 Å². The van der Waals surface area contributed by atoms with Gasteiger partial charge in [-0.05, 0) is 61.6 Å². The molecule has 1 saturated carbocycles. The van der Waals surface area contributed by atoms with Crippen molar-refractivity contribution in [2.24, 2.45) is 0 Å². The molecule has 4 rings (SSSR count). The summed E-state index contributed by atoms with van der Waals surface area (Å²) >= 11 is 0. The van der Waals surface area contributed by atoms with Crippen molar-refractivity contribution in [2.75, 3.05) is 13.2 Å². The molecule has 0 unspecified atom stereocenters. The quantitative estimate of drug-likeness (QED) is 0.773. The van der Waals surface area contributed by atoms with E-state index in [9.17, 15) is 4.79 Å². The molecule has 1 amide bonds. The van der Waals surface area contributed by atoms with E-state index >= 15 is 0 Å². The molecule has 1 atom stereocenters. The van der Waals surface area contributed by atoms with Gasteiger partial charge in [0.1, 0.15) is 24.7 Å². The Bertz CT molecular complexity index is 764. The van der Waals surface area contributed by atoms with E-state index in [1.54, 1.807) is 6.07 Å². The molecule has 2 aliphatic rings. The van der Waals surface area contributed by atoms with Crippen LogP contribution in [0.2, 0.25) is 0 Å². The summed E-state index contributed by atoms with van der Waals surface area (Å²) < 4.78 is 17.2. The summed E-state index contributed by atoms with van der Waals surface area (Å²) in [5.41, 5.74) is 1.68. The van der Waals surface area contributed by atoms with Gasteiger partial charge in [0.05, 0.1) is 6.10 Å². The molecule has 5 nitrogen and oxygen atoms in total. The number of benzene rings is 2. The third kappa shape index (κ3) is 5.23. The third-order valence-corrected chi connectivity index (χ3v) is 4.80. The van der Waals surface area contributed by atoms with Gasteiger partial charge in [-0.3, -0.25) is 4.79 Å². The largest absolute Gasteiger partial charge is 0.491 e. The lowest BCUT2D eigenvalue weighted by atomic mass is 10.2. The van der Waals surface area contributed by atoms with Crippen molar-refractivity contribution >= 4 is 5.91 Å². The van der Waals surface area contributed by atoms with Crippen LogP contribution >= 0.6 is 0 Å². The fourth-order valence-electron chi connectivity index (χ4n) is 3.04. The van der Waals surface area contributed by atoms with E-state index in [-0.39, 0.29) is 12.0 Å². The van der Waals surface area contributed by atoms with Crippen molar-refractivity contribution in [3.05, 3.63) is 59.7 Å². The highest BCUT2D eigenvalue weighted by Gasteiger charge is 2.23. The summed E-state index contributed by atoms with van der Waals surface area (Å²) in [6.07, 6.45) is 4.57. The molecule has 1 aliphatic heterocycles. The van der Waals surface area contributed by atoms with Crippen LogP contribution in [0, 0.1) is 0 Å². The topological polar surface area (TPSA) is 56.8 Å². The fraction of sp³-hybridized carbons (Fsp3) is 0.409. The minimum absolute atomic E-state index is 0.0318. The van der Waals surface area contributed by atoms with Gasteiger partial charge in [-0.25, -0.2) is 0 Å². The summed E-state index contributed by atoms with van der Waals surface area (Å²) in [6.45, 7) is 1.89. The Morgan fingerprint density at radius 3 is 2.63 bits per heavy atom. The molecule has 0 spiro atoms. The lowest BCUT2D eigenvalue weighted by Crippen LogP contribution is -2.25. The predicted molar refractivity (Wildman–Crippen MR) is 102 cm³/mol. The second-order valence-electron chi connectivity index (χ2n) is 7.15. The molecular formula is C22H25NO4. The molecule has 1 aliphatic carbocycles. The van der Waals surface area contributed by atoms with E-state index in [4.69, 9.17) is 14.2 Å². The minimum atomic E-state index is -0.0318. The van der Waals surface area contributed by atoms with E-state index in [1.807, 2.05) is 42.5 Å². The molecule has 2 aromatic rings. The zero-order valence-electron chi connectivity index (χ0n) is 15.4. The van der Waals surface area contributed by atoms with Crippen molar-refractivity contribution in [1.29, 1.82) is 0 Å². The minimum Gasteiger partial charge on any atom is -0.491 e. The number of hydrogen-bond acceptors (Lipinski definition) is 4. The Morgan fingerprint density at radius 2 is 1.89 bits per heavy atom. The van der Waals surface area contributed by atoms with Gasteiger partial charge >= 0.3 is 0 Å². The van der Waals surface area contributed by atoms with Gasteiger partial charge in [-0.15, -0.1) is 0 Å². The Labute approximate surface area is 159 Å². The summed E-state index contributed by atoms with van der Waals surface area (Å²) in [5.74, 6) is 1.50. The molecule has 1 heterocycles. The monoisotopic (exact) mass is 367 g/mol. The summed E-state index contributed by atoms with van der Waals surface area (Å²) in [7, 11) is 0. The maximum atomic E-state index is 12.1. The van der Waals surface area contributed by atoms with Gasteiger partial charge < -0.3 is 19.5 Å². The van der Waals surface area contributed by atoms with Gasteiger partial charge in [0.25, 0.3) is 5.91 Å². The zero-order valence-corrected chi connectivity index (χ0v) is 15.4. The maximum Gasteiger partial charge on any atom is 0.251 e. The number of ether oxygens (including phenoxy) is 3. The SMILES string of the molecule is O=C(NC1CC1)c1cccc(OCc2ccc(OC[C@@H]3CCCO3)cc2)c1. The predicted octanol–water partition coefficient (Wildman–Crippen LogP) is 3.72. The van der Waals surface area contributed by atoms with Crippen molar-refractivity contribution in [1.82, 2.24) is 5.32 Å². The van der Waals surface area contributed by atoms with Crippen LogP contribution in [0.15, 0.2) is 48.5 Å². The van der Waals surface area contributed by atoms with Crippen molar-refractivity contribution in [3.63, 3.8) is 0 Å². The van der Waals surface area contributed by atoms with Crippen LogP contribution in [0.25, 0.3) is 0 Å². The lowest BCUT2D eigenvalue weighted by Gasteiger charge is -2.12. The molecule has 2 aromatic carbocycles. The van der Waals surface area contributed by atoms with Gasteiger partial charge in [0.2, 0.25) is 0 Å². The average molecular weight is 367 g/mol. The smallest absolute Gasteiger partial charge is 0.251 e. The molecule has 0 aromatic heterocycles. The summed E-state index contributed by atoms with van der Waals surface area (Å²) in [5, 5.41) is 2.99. The molecule has 0 bridgehead atoms. The summed E-state index contributed by atoms with van der Waals surface area (Å²) in [4.78, 5) is 12.1. The van der Waals surface area contributed by atoms with Crippen LogP contribution in [-0.2, 0) is 11.3 Å². The van der Waals surface area contributed by atoms with Gasteiger partial charge in [0.15, 0.2) is 0 Å². The van der Waals surface area contributed by atoms with Gasteiger partial charge in [0, 0.05) is 18.2 Å². The molecule has 1 saturated heterocycles. The molecule has 142 valence electrons. The first-order chi connectivity index (χ1) is 13.3. The van der Waals surface area contributed by atoms with E-state index in [0.717, 1.165) is 43.6 Å². The molecular weight excluding hydrogens is 342 g/mol. The first kappa shape index (κ1) is 17.9. The van der Waals surface area contributed by atoms with Crippen LogP contribution in [0.1, 0.15) is 41.6 Å². The lowest BCUT2D eigenvalue weighted by molar-refractivity contribution is 0.0679. The highest BCUT2D eigenvalue weighted by Crippen LogP contribution is 2.21. The summed E-state index contributed by atoms with van der Waals surface area (Å²) in [6, 6.07) is 15.6. The van der Waals surface area contributed by atoms with Crippen LogP contribution in [0.3, 0.4) is 0 Å². The highest BCUT2D eigenvalue weighted by molar-refractivity contribution is 5.94. The fourth-order valence-corrected chi connectivity index (χ4v) is 3.04. The molecule has 1 N–H and O–H groups in total. The second-order valence-corrected chi connectivity index (χ2v) is 7.15. The highest BCUT2D eigenvalue weighted by atomic mass is 16.5. The normalized spacial score (nSPS) is 18.9. The van der Waals surface area contributed by atoms with Gasteiger partial charge in [-0.1, -0.05) is 18.2 Å². The molecule has 2 fully saturated rings. The number of carbonyl (C=O) groups excluding carboxylic acids is 1. The van der Waals surface area contributed by atoms with Crippen molar-refractivity contribution < 1.29 is 19.0 Å². The Hall–Kier alpha value is -2.53. The molecule has 0 radical (unpaired) electrons. The Balaban J connectivity index is 1.27. The third-order valence-electron chi connectivity index (χ3n) is 4.80. The maximum absolute atomic E-state index is 12.1. The first-order valence-corrected chi connectivity index (χ1v) is 9.63.